The van der Waals surface area contributed by atoms with Gasteiger partial charge in [-0.3, -0.25) is 19.6 Å². The first-order chi connectivity index (χ1) is 9.40. The average molecular weight is 275 g/mol. The number of hydrogen-bond acceptors (Lipinski definition) is 5. The zero-order valence-corrected chi connectivity index (χ0v) is 11.0. The third-order valence-corrected chi connectivity index (χ3v) is 2.79. The average Bonchev–Trinajstić information content (AvgIpc) is 2.67. The Bertz CT molecular complexity index is 692. The number of benzene rings is 1. The Morgan fingerprint density at radius 2 is 2.20 bits per heavy atom. The molecule has 0 spiro atoms. The fourth-order valence-electron chi connectivity index (χ4n) is 1.82. The summed E-state index contributed by atoms with van der Waals surface area (Å²) in [6, 6.07) is 4.10. The smallest absolute Gasteiger partial charge is 0.292 e. The quantitative estimate of drug-likeness (QED) is 0.500. The first-order valence-corrected chi connectivity index (χ1v) is 5.74. The van der Waals surface area contributed by atoms with E-state index in [9.17, 15) is 14.9 Å². The number of para-hydroxylation sites is 1. The van der Waals surface area contributed by atoms with Crippen LogP contribution in [-0.2, 0) is 7.05 Å². The van der Waals surface area contributed by atoms with Crippen molar-refractivity contribution in [2.24, 2.45) is 7.05 Å². The van der Waals surface area contributed by atoms with Gasteiger partial charge in [-0.25, -0.2) is 0 Å². The van der Waals surface area contributed by atoms with Gasteiger partial charge in [-0.15, -0.1) is 0 Å². The lowest BCUT2D eigenvalue weighted by Gasteiger charge is -2.06. The monoisotopic (exact) mass is 275 g/mol. The second-order valence-electron chi connectivity index (χ2n) is 4.25. The van der Waals surface area contributed by atoms with E-state index < -0.39 is 10.8 Å². The summed E-state index contributed by atoms with van der Waals surface area (Å²) in [5.41, 5.74) is 6.44. The summed E-state index contributed by atoms with van der Waals surface area (Å²) in [5.74, 6) is -0.512. The fourth-order valence-corrected chi connectivity index (χ4v) is 1.82. The summed E-state index contributed by atoms with van der Waals surface area (Å²) in [5, 5.41) is 17.5. The molecule has 3 N–H and O–H groups in total. The predicted molar refractivity (Wildman–Crippen MR) is 73.4 cm³/mol. The number of rotatable bonds is 3. The first kappa shape index (κ1) is 13.5. The van der Waals surface area contributed by atoms with E-state index in [2.05, 4.69) is 10.4 Å². The van der Waals surface area contributed by atoms with E-state index in [1.165, 1.54) is 18.2 Å². The SMILES string of the molecule is Cc1nn(C)cc1NC(=O)c1cccc([N+](=O)[O-])c1N. The number of nitro benzene ring substituents is 1. The van der Waals surface area contributed by atoms with E-state index in [1.54, 1.807) is 24.9 Å². The van der Waals surface area contributed by atoms with Crippen LogP contribution in [0.3, 0.4) is 0 Å². The van der Waals surface area contributed by atoms with Gasteiger partial charge in [0.05, 0.1) is 21.9 Å². The number of carbonyl (C=O) groups excluding carboxylic acids is 1. The molecular formula is C12H13N5O3. The number of nitrogens with two attached hydrogens (primary N) is 1. The number of nitrogen functional groups attached to an aromatic ring is 1. The minimum absolute atomic E-state index is 0.0578. The van der Waals surface area contributed by atoms with Gasteiger partial charge < -0.3 is 11.1 Å². The minimum atomic E-state index is -0.624. The zero-order chi connectivity index (χ0) is 14.9. The third-order valence-electron chi connectivity index (χ3n) is 2.79. The van der Waals surface area contributed by atoms with Crippen molar-refractivity contribution in [3.8, 4) is 0 Å². The standard InChI is InChI=1S/C12H13N5O3/c1-7-9(6-16(2)15-7)14-12(18)8-4-3-5-10(11(8)13)17(19)20/h3-6H,13H2,1-2H3,(H,14,18). The molecule has 0 radical (unpaired) electrons. The molecule has 8 heteroatoms. The number of hydrogen-bond donors (Lipinski definition) is 2. The first-order valence-electron chi connectivity index (χ1n) is 5.74. The summed E-state index contributed by atoms with van der Waals surface area (Å²) >= 11 is 0. The molecule has 0 atom stereocenters. The Hall–Kier alpha value is -2.90. The van der Waals surface area contributed by atoms with Crippen LogP contribution in [0, 0.1) is 17.0 Å². The molecule has 0 saturated heterocycles. The number of nitro groups is 1. The van der Waals surface area contributed by atoms with Crippen LogP contribution in [0.15, 0.2) is 24.4 Å². The van der Waals surface area contributed by atoms with E-state index >= 15 is 0 Å². The molecule has 1 aromatic carbocycles. The van der Waals surface area contributed by atoms with Crippen molar-refractivity contribution in [1.29, 1.82) is 0 Å². The second kappa shape index (κ2) is 5.00. The molecule has 0 aliphatic carbocycles. The maximum absolute atomic E-state index is 12.1. The molecule has 0 fully saturated rings. The van der Waals surface area contributed by atoms with Gasteiger partial charge >= 0.3 is 0 Å². The largest absolute Gasteiger partial charge is 0.393 e. The van der Waals surface area contributed by atoms with E-state index in [-0.39, 0.29) is 16.9 Å². The van der Waals surface area contributed by atoms with E-state index in [0.717, 1.165) is 0 Å². The van der Waals surface area contributed by atoms with Gasteiger partial charge in [-0.2, -0.15) is 5.10 Å². The van der Waals surface area contributed by atoms with Crippen LogP contribution < -0.4 is 11.1 Å². The van der Waals surface area contributed by atoms with Crippen LogP contribution >= 0.6 is 0 Å². The molecule has 0 unspecified atom stereocenters. The Morgan fingerprint density at radius 3 is 2.75 bits per heavy atom. The van der Waals surface area contributed by atoms with Crippen molar-refractivity contribution in [3.05, 3.63) is 45.8 Å². The zero-order valence-electron chi connectivity index (χ0n) is 11.0. The Kier molecular flexibility index (Phi) is 3.38. The number of carbonyl (C=O) groups is 1. The number of nitrogens with one attached hydrogen (secondary N) is 1. The second-order valence-corrected chi connectivity index (χ2v) is 4.25. The summed E-state index contributed by atoms with van der Waals surface area (Å²) in [6.07, 6.45) is 1.64. The van der Waals surface area contributed by atoms with Gasteiger partial charge in [0, 0.05) is 19.3 Å². The normalized spacial score (nSPS) is 10.3. The van der Waals surface area contributed by atoms with Crippen LogP contribution in [0.2, 0.25) is 0 Å². The highest BCUT2D eigenvalue weighted by Gasteiger charge is 2.19. The van der Waals surface area contributed by atoms with Gasteiger partial charge in [0.15, 0.2) is 0 Å². The van der Waals surface area contributed by atoms with Crippen molar-refractivity contribution in [1.82, 2.24) is 9.78 Å². The summed E-state index contributed by atoms with van der Waals surface area (Å²) < 4.78 is 1.56. The lowest BCUT2D eigenvalue weighted by molar-refractivity contribution is -0.383. The summed E-state index contributed by atoms with van der Waals surface area (Å²) in [7, 11) is 1.73. The molecule has 1 amide bonds. The lowest BCUT2D eigenvalue weighted by Crippen LogP contribution is -2.15. The number of amides is 1. The van der Waals surface area contributed by atoms with E-state index in [1.807, 2.05) is 0 Å². The van der Waals surface area contributed by atoms with Crippen molar-refractivity contribution >= 4 is 23.0 Å². The minimum Gasteiger partial charge on any atom is -0.393 e. The molecule has 1 aromatic heterocycles. The molecule has 0 bridgehead atoms. The molecule has 1 heterocycles. The molecule has 104 valence electrons. The van der Waals surface area contributed by atoms with E-state index in [0.29, 0.717) is 11.4 Å². The Labute approximate surface area is 114 Å². The number of aromatic nitrogens is 2. The molecule has 20 heavy (non-hydrogen) atoms. The highest BCUT2D eigenvalue weighted by atomic mass is 16.6. The topological polar surface area (TPSA) is 116 Å². The van der Waals surface area contributed by atoms with Gasteiger partial charge in [0.2, 0.25) is 0 Å². The maximum atomic E-state index is 12.1. The Balaban J connectivity index is 2.32. The highest BCUT2D eigenvalue weighted by Crippen LogP contribution is 2.25. The summed E-state index contributed by atoms with van der Waals surface area (Å²) in [4.78, 5) is 22.3. The molecule has 2 rings (SSSR count). The maximum Gasteiger partial charge on any atom is 0.292 e. The van der Waals surface area contributed by atoms with Crippen LogP contribution in [0.4, 0.5) is 17.1 Å². The summed E-state index contributed by atoms with van der Waals surface area (Å²) in [6.45, 7) is 1.74. The van der Waals surface area contributed by atoms with Gasteiger partial charge in [0.25, 0.3) is 11.6 Å². The Morgan fingerprint density at radius 1 is 1.50 bits per heavy atom. The molecule has 8 nitrogen and oxygen atoms in total. The van der Waals surface area contributed by atoms with Crippen molar-refractivity contribution in [2.75, 3.05) is 11.1 Å². The highest BCUT2D eigenvalue weighted by molar-refractivity contribution is 6.09. The molecule has 0 aliphatic rings. The molecule has 0 aliphatic heterocycles. The van der Waals surface area contributed by atoms with Crippen LogP contribution in [0.5, 0.6) is 0 Å². The predicted octanol–water partition coefficient (Wildman–Crippen LogP) is 1.47. The third kappa shape index (κ3) is 2.44. The van der Waals surface area contributed by atoms with Crippen molar-refractivity contribution in [3.63, 3.8) is 0 Å². The van der Waals surface area contributed by atoms with Gasteiger partial charge in [-0.1, -0.05) is 6.07 Å². The van der Waals surface area contributed by atoms with Crippen LogP contribution in [0.25, 0.3) is 0 Å². The van der Waals surface area contributed by atoms with Gasteiger partial charge in [0.1, 0.15) is 5.69 Å². The molecule has 0 saturated carbocycles. The van der Waals surface area contributed by atoms with Crippen LogP contribution in [-0.4, -0.2) is 20.6 Å². The number of aryl methyl sites for hydroxylation is 2. The fraction of sp³-hybridized carbons (Fsp3) is 0.167. The lowest BCUT2D eigenvalue weighted by atomic mass is 10.1. The molecule has 2 aromatic rings. The number of nitrogens with zero attached hydrogens (tertiary/aromatic N) is 3. The van der Waals surface area contributed by atoms with Gasteiger partial charge in [-0.05, 0) is 13.0 Å². The molecular weight excluding hydrogens is 262 g/mol. The van der Waals surface area contributed by atoms with Crippen LogP contribution in [0.1, 0.15) is 16.1 Å². The van der Waals surface area contributed by atoms with Crippen molar-refractivity contribution < 1.29 is 9.72 Å². The number of anilines is 2. The van der Waals surface area contributed by atoms with E-state index in [4.69, 9.17) is 5.73 Å². The van der Waals surface area contributed by atoms with Crippen molar-refractivity contribution in [2.45, 2.75) is 6.92 Å².